The van der Waals surface area contributed by atoms with Crippen molar-refractivity contribution in [1.29, 1.82) is 0 Å². The smallest absolute Gasteiger partial charge is 0.330 e. The zero-order chi connectivity index (χ0) is 16.4. The maximum atomic E-state index is 13.1. The van der Waals surface area contributed by atoms with Crippen LogP contribution < -0.4 is 5.73 Å². The molecular weight excluding hydrogens is 317 g/mol. The van der Waals surface area contributed by atoms with Crippen LogP contribution >= 0.6 is 0 Å². The molecule has 1 saturated heterocycles. The van der Waals surface area contributed by atoms with E-state index in [1.54, 1.807) is 0 Å². The molecule has 1 fully saturated rings. The van der Waals surface area contributed by atoms with Crippen LogP contribution in [0.15, 0.2) is 29.2 Å². The number of nitrogens with zero attached hydrogens (tertiary/aromatic N) is 1. The Morgan fingerprint density at radius 3 is 2.55 bits per heavy atom. The van der Waals surface area contributed by atoms with Gasteiger partial charge >= 0.3 is 6.18 Å². The first-order chi connectivity index (χ1) is 10.3. The minimum absolute atomic E-state index is 0.235. The van der Waals surface area contributed by atoms with Crippen LogP contribution in [0.5, 0.6) is 0 Å². The second-order valence-corrected chi connectivity index (χ2v) is 7.20. The maximum Gasteiger partial charge on any atom is 0.417 e. The molecule has 2 N–H and O–H groups in total. The van der Waals surface area contributed by atoms with Gasteiger partial charge in [0.05, 0.1) is 10.5 Å². The summed E-state index contributed by atoms with van der Waals surface area (Å²) in [7, 11) is -4.19. The molecule has 1 atom stereocenters. The van der Waals surface area contributed by atoms with E-state index >= 15 is 0 Å². The number of sulfonamides is 1. The molecule has 1 aromatic carbocycles. The third-order valence-electron chi connectivity index (χ3n) is 3.85. The average molecular weight is 336 g/mol. The van der Waals surface area contributed by atoms with E-state index in [-0.39, 0.29) is 12.6 Å². The number of alkyl halides is 3. The van der Waals surface area contributed by atoms with E-state index in [2.05, 4.69) is 0 Å². The van der Waals surface area contributed by atoms with E-state index in [0.29, 0.717) is 25.8 Å². The summed E-state index contributed by atoms with van der Waals surface area (Å²) in [6.07, 6.45) is -2.12. The quantitative estimate of drug-likeness (QED) is 0.919. The molecule has 22 heavy (non-hydrogen) atoms. The molecule has 4 nitrogen and oxygen atoms in total. The van der Waals surface area contributed by atoms with Gasteiger partial charge in [0.15, 0.2) is 0 Å². The number of benzene rings is 1. The van der Waals surface area contributed by atoms with Crippen LogP contribution in [-0.4, -0.2) is 31.9 Å². The van der Waals surface area contributed by atoms with Gasteiger partial charge in [-0.15, -0.1) is 0 Å². The fourth-order valence-corrected chi connectivity index (χ4v) is 4.76. The van der Waals surface area contributed by atoms with Gasteiger partial charge in [-0.3, -0.25) is 0 Å². The van der Waals surface area contributed by atoms with Crippen molar-refractivity contribution in [3.05, 3.63) is 29.8 Å². The SMILES string of the molecule is NCCC1CCCCN1S(=O)(=O)c1ccccc1C(F)(F)F. The standard InChI is InChI=1S/C14H19F3N2O2S/c15-14(16,17)12-6-1-2-7-13(12)22(20,21)19-10-4-3-5-11(19)8-9-18/h1-2,6-7,11H,3-5,8-10,18H2. The summed E-state index contributed by atoms with van der Waals surface area (Å²) < 4.78 is 65.9. The molecule has 124 valence electrons. The average Bonchev–Trinajstić information content (AvgIpc) is 2.47. The van der Waals surface area contributed by atoms with Crippen LogP contribution in [0.2, 0.25) is 0 Å². The van der Waals surface area contributed by atoms with Crippen LogP contribution in [0.3, 0.4) is 0 Å². The minimum Gasteiger partial charge on any atom is -0.330 e. The minimum atomic E-state index is -4.71. The Bertz CT molecular complexity index is 615. The molecule has 0 bridgehead atoms. The third kappa shape index (κ3) is 3.44. The topological polar surface area (TPSA) is 63.4 Å². The van der Waals surface area contributed by atoms with E-state index in [1.165, 1.54) is 16.4 Å². The summed E-state index contributed by atoms with van der Waals surface area (Å²) in [5, 5.41) is 0. The highest BCUT2D eigenvalue weighted by Gasteiger charge is 2.40. The summed E-state index contributed by atoms with van der Waals surface area (Å²) in [6.45, 7) is 0.538. The lowest BCUT2D eigenvalue weighted by Gasteiger charge is -2.35. The van der Waals surface area contributed by atoms with E-state index < -0.39 is 26.7 Å². The van der Waals surface area contributed by atoms with Gasteiger partial charge in [-0.05, 0) is 37.9 Å². The zero-order valence-electron chi connectivity index (χ0n) is 12.0. The molecule has 0 aromatic heterocycles. The second kappa shape index (κ2) is 6.55. The van der Waals surface area contributed by atoms with Crippen molar-refractivity contribution < 1.29 is 21.6 Å². The largest absolute Gasteiger partial charge is 0.417 e. The highest BCUT2D eigenvalue weighted by Crippen LogP contribution is 2.36. The van der Waals surface area contributed by atoms with Crippen LogP contribution in [0.25, 0.3) is 0 Å². The highest BCUT2D eigenvalue weighted by molar-refractivity contribution is 7.89. The molecule has 1 aliphatic rings. The molecule has 1 aromatic rings. The summed E-state index contributed by atoms with van der Waals surface area (Å²) in [5.41, 5.74) is 4.38. The van der Waals surface area contributed by atoms with Crippen molar-refractivity contribution in [1.82, 2.24) is 4.31 Å². The molecule has 0 radical (unpaired) electrons. The zero-order valence-corrected chi connectivity index (χ0v) is 12.8. The van der Waals surface area contributed by atoms with Gasteiger partial charge in [-0.2, -0.15) is 17.5 Å². The Hall–Kier alpha value is -1.12. The molecule has 0 spiro atoms. The summed E-state index contributed by atoms with van der Waals surface area (Å²) in [4.78, 5) is -0.675. The Morgan fingerprint density at radius 2 is 1.91 bits per heavy atom. The van der Waals surface area contributed by atoms with Crippen LogP contribution in [0, 0.1) is 0 Å². The van der Waals surface area contributed by atoms with E-state index in [1.807, 2.05) is 0 Å². The molecule has 0 saturated carbocycles. The lowest BCUT2D eigenvalue weighted by Crippen LogP contribution is -2.45. The number of hydrogen-bond acceptors (Lipinski definition) is 3. The normalized spacial score (nSPS) is 21.0. The van der Waals surface area contributed by atoms with Crippen molar-refractivity contribution >= 4 is 10.0 Å². The van der Waals surface area contributed by atoms with Gasteiger partial charge in [-0.25, -0.2) is 8.42 Å². The Morgan fingerprint density at radius 1 is 1.23 bits per heavy atom. The molecule has 1 unspecified atom stereocenters. The van der Waals surface area contributed by atoms with Gasteiger partial charge in [0.25, 0.3) is 0 Å². The first-order valence-electron chi connectivity index (χ1n) is 7.16. The van der Waals surface area contributed by atoms with E-state index in [9.17, 15) is 21.6 Å². The van der Waals surface area contributed by atoms with Gasteiger partial charge in [-0.1, -0.05) is 18.6 Å². The Labute approximate surface area is 128 Å². The maximum absolute atomic E-state index is 13.1. The molecule has 0 aliphatic carbocycles. The van der Waals surface area contributed by atoms with Crippen LogP contribution in [0.1, 0.15) is 31.2 Å². The second-order valence-electron chi connectivity index (χ2n) is 5.34. The summed E-state index contributed by atoms with van der Waals surface area (Å²) in [6, 6.07) is 3.99. The molecule has 1 heterocycles. The van der Waals surface area contributed by atoms with Crippen LogP contribution in [-0.2, 0) is 16.2 Å². The molecular formula is C14H19F3N2O2S. The lowest BCUT2D eigenvalue weighted by molar-refractivity contribution is -0.139. The van der Waals surface area contributed by atoms with E-state index in [0.717, 1.165) is 18.6 Å². The summed E-state index contributed by atoms with van der Waals surface area (Å²) in [5.74, 6) is 0. The first kappa shape index (κ1) is 17.2. The fraction of sp³-hybridized carbons (Fsp3) is 0.571. The number of rotatable bonds is 4. The van der Waals surface area contributed by atoms with Gasteiger partial charge in [0.1, 0.15) is 0 Å². The molecule has 1 aliphatic heterocycles. The van der Waals surface area contributed by atoms with Crippen molar-refractivity contribution in [2.75, 3.05) is 13.1 Å². The van der Waals surface area contributed by atoms with Crippen molar-refractivity contribution in [2.45, 2.75) is 42.8 Å². The number of hydrogen-bond donors (Lipinski definition) is 1. The highest BCUT2D eigenvalue weighted by atomic mass is 32.2. The van der Waals surface area contributed by atoms with Crippen molar-refractivity contribution in [3.63, 3.8) is 0 Å². The predicted octanol–water partition coefficient (Wildman–Crippen LogP) is 2.60. The first-order valence-corrected chi connectivity index (χ1v) is 8.60. The van der Waals surface area contributed by atoms with Gasteiger partial charge in [0.2, 0.25) is 10.0 Å². The lowest BCUT2D eigenvalue weighted by atomic mass is 10.0. The summed E-state index contributed by atoms with van der Waals surface area (Å²) >= 11 is 0. The Balaban J connectivity index is 2.46. The van der Waals surface area contributed by atoms with Crippen LogP contribution in [0.4, 0.5) is 13.2 Å². The molecule has 0 amide bonds. The number of nitrogens with two attached hydrogens (primary N) is 1. The third-order valence-corrected chi connectivity index (χ3v) is 5.86. The number of piperidine rings is 1. The van der Waals surface area contributed by atoms with Crippen molar-refractivity contribution in [3.8, 4) is 0 Å². The van der Waals surface area contributed by atoms with E-state index in [4.69, 9.17) is 5.73 Å². The number of halogens is 3. The Kier molecular flexibility index (Phi) is 5.14. The molecule has 2 rings (SSSR count). The fourth-order valence-electron chi connectivity index (χ4n) is 2.82. The predicted molar refractivity (Wildman–Crippen MR) is 76.6 cm³/mol. The van der Waals surface area contributed by atoms with Crippen molar-refractivity contribution in [2.24, 2.45) is 5.73 Å². The van der Waals surface area contributed by atoms with Gasteiger partial charge < -0.3 is 5.73 Å². The van der Waals surface area contributed by atoms with Gasteiger partial charge in [0, 0.05) is 12.6 Å². The molecule has 8 heteroatoms. The monoisotopic (exact) mass is 336 g/mol.